The standard InChI is InChI=1S/C18H31NS/c1-17(2,3)16-12-11-15(20-16)13-7-9-14(10-8-13)19-18(4,5)6/h11-14,19H,7-10H2,1-6H3. The zero-order valence-electron chi connectivity index (χ0n) is 14.0. The molecular formula is C18H31NS. The summed E-state index contributed by atoms with van der Waals surface area (Å²) in [6.45, 7) is 13.8. The minimum absolute atomic E-state index is 0.250. The van der Waals surface area contributed by atoms with Crippen LogP contribution < -0.4 is 5.32 Å². The predicted octanol–water partition coefficient (Wildman–Crippen LogP) is 5.46. The molecule has 1 aromatic rings. The molecule has 0 radical (unpaired) electrons. The first-order valence-electron chi connectivity index (χ1n) is 8.03. The van der Waals surface area contributed by atoms with Crippen LogP contribution in [0.5, 0.6) is 0 Å². The van der Waals surface area contributed by atoms with Crippen molar-refractivity contribution in [1.29, 1.82) is 0 Å². The van der Waals surface area contributed by atoms with Gasteiger partial charge < -0.3 is 5.32 Å². The van der Waals surface area contributed by atoms with E-state index in [1.165, 1.54) is 30.6 Å². The number of hydrogen-bond acceptors (Lipinski definition) is 2. The molecule has 2 heteroatoms. The summed E-state index contributed by atoms with van der Waals surface area (Å²) in [5.74, 6) is 0.800. The molecule has 1 nitrogen and oxygen atoms in total. The lowest BCUT2D eigenvalue weighted by Gasteiger charge is -2.34. The third-order valence-corrected chi connectivity index (χ3v) is 5.81. The Morgan fingerprint density at radius 2 is 1.55 bits per heavy atom. The molecular weight excluding hydrogens is 262 g/mol. The largest absolute Gasteiger partial charge is 0.309 e. The first-order chi connectivity index (χ1) is 9.15. The molecule has 20 heavy (non-hydrogen) atoms. The van der Waals surface area contributed by atoms with Crippen LogP contribution in [0.4, 0.5) is 0 Å². The minimum atomic E-state index is 0.250. The normalized spacial score (nSPS) is 24.9. The Balaban J connectivity index is 1.92. The molecule has 1 heterocycles. The van der Waals surface area contributed by atoms with Crippen LogP contribution in [0, 0.1) is 0 Å². The van der Waals surface area contributed by atoms with E-state index in [4.69, 9.17) is 0 Å². The summed E-state index contributed by atoms with van der Waals surface area (Å²) in [7, 11) is 0. The molecule has 114 valence electrons. The zero-order valence-corrected chi connectivity index (χ0v) is 14.9. The molecule has 0 aliphatic heterocycles. The fourth-order valence-corrected chi connectivity index (χ4v) is 4.34. The smallest absolute Gasteiger partial charge is 0.0102 e. The second-order valence-electron chi connectivity index (χ2n) is 8.39. The molecule has 0 atom stereocenters. The SMILES string of the molecule is CC(C)(C)NC1CCC(c2ccc(C(C)(C)C)s2)CC1. The molecule has 0 spiro atoms. The molecule has 1 aromatic heterocycles. The van der Waals surface area contributed by atoms with Crippen molar-refractivity contribution >= 4 is 11.3 Å². The van der Waals surface area contributed by atoms with Crippen molar-refractivity contribution in [2.24, 2.45) is 0 Å². The number of rotatable bonds is 2. The summed E-state index contributed by atoms with van der Waals surface area (Å²) in [6, 6.07) is 5.45. The van der Waals surface area contributed by atoms with Crippen LogP contribution >= 0.6 is 11.3 Å². The van der Waals surface area contributed by atoms with Gasteiger partial charge in [0, 0.05) is 21.3 Å². The van der Waals surface area contributed by atoms with E-state index in [-0.39, 0.29) is 5.54 Å². The first-order valence-corrected chi connectivity index (χ1v) is 8.85. The van der Waals surface area contributed by atoms with Crippen molar-refractivity contribution in [1.82, 2.24) is 5.32 Å². The molecule has 1 N–H and O–H groups in total. The molecule has 2 rings (SSSR count). The van der Waals surface area contributed by atoms with Crippen LogP contribution in [0.15, 0.2) is 12.1 Å². The molecule has 1 saturated carbocycles. The highest BCUT2D eigenvalue weighted by atomic mass is 32.1. The van der Waals surface area contributed by atoms with Gasteiger partial charge >= 0.3 is 0 Å². The van der Waals surface area contributed by atoms with Gasteiger partial charge in [0.2, 0.25) is 0 Å². The van der Waals surface area contributed by atoms with E-state index in [1.54, 1.807) is 4.88 Å². The summed E-state index contributed by atoms with van der Waals surface area (Å²) < 4.78 is 0. The first kappa shape index (κ1) is 16.0. The predicted molar refractivity (Wildman–Crippen MR) is 90.9 cm³/mol. The van der Waals surface area contributed by atoms with Crippen molar-refractivity contribution in [2.75, 3.05) is 0 Å². The Labute approximate surface area is 129 Å². The summed E-state index contributed by atoms with van der Waals surface area (Å²) in [5, 5.41) is 3.76. The molecule has 1 aliphatic rings. The maximum atomic E-state index is 3.76. The lowest BCUT2D eigenvalue weighted by atomic mass is 9.84. The maximum absolute atomic E-state index is 3.76. The highest BCUT2D eigenvalue weighted by molar-refractivity contribution is 7.12. The van der Waals surface area contributed by atoms with Crippen molar-refractivity contribution in [3.8, 4) is 0 Å². The number of hydrogen-bond donors (Lipinski definition) is 1. The zero-order chi connectivity index (χ0) is 15.0. The number of nitrogens with one attached hydrogen (secondary N) is 1. The lowest BCUT2D eigenvalue weighted by Crippen LogP contribution is -2.44. The molecule has 1 aliphatic carbocycles. The monoisotopic (exact) mass is 293 g/mol. The van der Waals surface area contributed by atoms with Crippen molar-refractivity contribution < 1.29 is 0 Å². The van der Waals surface area contributed by atoms with Crippen LogP contribution in [0.2, 0.25) is 0 Å². The molecule has 1 fully saturated rings. The van der Waals surface area contributed by atoms with Crippen LogP contribution in [0.1, 0.15) is 82.9 Å². The van der Waals surface area contributed by atoms with E-state index in [1.807, 2.05) is 11.3 Å². The van der Waals surface area contributed by atoms with E-state index >= 15 is 0 Å². The maximum Gasteiger partial charge on any atom is 0.0102 e. The molecule has 0 saturated heterocycles. The van der Waals surface area contributed by atoms with Crippen LogP contribution in [-0.2, 0) is 5.41 Å². The van der Waals surface area contributed by atoms with Gasteiger partial charge in [-0.05, 0) is 69.9 Å². The Morgan fingerprint density at radius 3 is 2.00 bits per heavy atom. The van der Waals surface area contributed by atoms with Gasteiger partial charge in [-0.3, -0.25) is 0 Å². The van der Waals surface area contributed by atoms with Gasteiger partial charge in [-0.2, -0.15) is 0 Å². The topological polar surface area (TPSA) is 12.0 Å². The third kappa shape index (κ3) is 4.33. The van der Waals surface area contributed by atoms with Gasteiger partial charge in [0.15, 0.2) is 0 Å². The quantitative estimate of drug-likeness (QED) is 0.763. The van der Waals surface area contributed by atoms with Gasteiger partial charge in [-0.1, -0.05) is 20.8 Å². The number of thiophene rings is 1. The fourth-order valence-electron chi connectivity index (χ4n) is 3.11. The van der Waals surface area contributed by atoms with Crippen molar-refractivity contribution in [2.45, 2.75) is 90.1 Å². The van der Waals surface area contributed by atoms with Gasteiger partial charge in [0.1, 0.15) is 0 Å². The van der Waals surface area contributed by atoms with Gasteiger partial charge in [-0.25, -0.2) is 0 Å². The Kier molecular flexibility index (Phi) is 4.66. The summed E-state index contributed by atoms with van der Waals surface area (Å²) in [5.41, 5.74) is 0.549. The van der Waals surface area contributed by atoms with Crippen LogP contribution in [-0.4, -0.2) is 11.6 Å². The fraction of sp³-hybridized carbons (Fsp3) is 0.778. The molecule has 0 amide bonds. The van der Waals surface area contributed by atoms with E-state index in [0.717, 1.165) is 5.92 Å². The summed E-state index contributed by atoms with van der Waals surface area (Å²) >= 11 is 2.04. The van der Waals surface area contributed by atoms with E-state index in [2.05, 4.69) is 59.0 Å². The molecule has 0 unspecified atom stereocenters. The molecule has 0 bridgehead atoms. The highest BCUT2D eigenvalue weighted by Crippen LogP contribution is 2.39. The third-order valence-electron chi connectivity index (χ3n) is 4.13. The molecule has 0 aromatic carbocycles. The van der Waals surface area contributed by atoms with E-state index in [9.17, 15) is 0 Å². The second-order valence-corrected chi connectivity index (χ2v) is 9.51. The lowest BCUT2D eigenvalue weighted by molar-refractivity contribution is 0.281. The van der Waals surface area contributed by atoms with Gasteiger partial charge in [-0.15, -0.1) is 11.3 Å². The van der Waals surface area contributed by atoms with Gasteiger partial charge in [0.05, 0.1) is 0 Å². The Morgan fingerprint density at radius 1 is 0.950 bits per heavy atom. The van der Waals surface area contributed by atoms with Crippen LogP contribution in [0.3, 0.4) is 0 Å². The summed E-state index contributed by atoms with van der Waals surface area (Å²) in [6.07, 6.45) is 5.34. The Hall–Kier alpha value is -0.340. The van der Waals surface area contributed by atoms with Crippen LogP contribution in [0.25, 0.3) is 0 Å². The highest BCUT2D eigenvalue weighted by Gasteiger charge is 2.26. The van der Waals surface area contributed by atoms with Crippen molar-refractivity contribution in [3.63, 3.8) is 0 Å². The average Bonchev–Trinajstić information content (AvgIpc) is 2.76. The minimum Gasteiger partial charge on any atom is -0.309 e. The van der Waals surface area contributed by atoms with Crippen molar-refractivity contribution in [3.05, 3.63) is 21.9 Å². The Bertz CT molecular complexity index is 425. The summed E-state index contributed by atoms with van der Waals surface area (Å²) in [4.78, 5) is 3.14. The van der Waals surface area contributed by atoms with E-state index < -0.39 is 0 Å². The van der Waals surface area contributed by atoms with E-state index in [0.29, 0.717) is 11.5 Å². The second kappa shape index (κ2) is 5.81. The van der Waals surface area contributed by atoms with Gasteiger partial charge in [0.25, 0.3) is 0 Å². The average molecular weight is 294 g/mol.